The third kappa shape index (κ3) is 5.46. The van der Waals surface area contributed by atoms with Crippen molar-refractivity contribution in [2.24, 2.45) is 0 Å². The highest BCUT2D eigenvalue weighted by Crippen LogP contribution is 2.32. The van der Waals surface area contributed by atoms with E-state index in [-0.39, 0.29) is 31.1 Å². The SMILES string of the molecule is O=C(c1ccc(Cl)cc1)N(Cc1ccco1)Cc1nccn1Cc1ccccc1C(F)(F)F. The molecule has 33 heavy (non-hydrogen) atoms. The van der Waals surface area contributed by atoms with Crippen molar-refractivity contribution in [1.82, 2.24) is 14.5 Å². The fraction of sp³-hybridized carbons (Fsp3) is 0.167. The van der Waals surface area contributed by atoms with Gasteiger partial charge in [-0.3, -0.25) is 4.79 Å². The lowest BCUT2D eigenvalue weighted by atomic mass is 10.1. The van der Waals surface area contributed by atoms with Crippen LogP contribution in [0.1, 0.15) is 33.1 Å². The fourth-order valence-corrected chi connectivity index (χ4v) is 3.62. The molecule has 0 aliphatic heterocycles. The molecule has 4 aromatic rings. The Kier molecular flexibility index (Phi) is 6.55. The number of nitrogens with zero attached hydrogens (tertiary/aromatic N) is 3. The summed E-state index contributed by atoms with van der Waals surface area (Å²) in [6.45, 7) is 0.207. The number of hydrogen-bond donors (Lipinski definition) is 0. The predicted octanol–water partition coefficient (Wildman–Crippen LogP) is 6.04. The topological polar surface area (TPSA) is 51.3 Å². The largest absolute Gasteiger partial charge is 0.467 e. The van der Waals surface area contributed by atoms with Crippen LogP contribution in [0.25, 0.3) is 0 Å². The first-order chi connectivity index (χ1) is 15.8. The second kappa shape index (κ2) is 9.54. The van der Waals surface area contributed by atoms with Gasteiger partial charge in [0.1, 0.15) is 11.6 Å². The van der Waals surface area contributed by atoms with Gasteiger partial charge in [-0.25, -0.2) is 4.98 Å². The molecule has 4 rings (SSSR count). The molecule has 2 aromatic carbocycles. The fourth-order valence-electron chi connectivity index (χ4n) is 3.49. The smallest absolute Gasteiger partial charge is 0.416 e. The van der Waals surface area contributed by atoms with Gasteiger partial charge in [0.05, 0.1) is 24.9 Å². The van der Waals surface area contributed by atoms with E-state index in [1.165, 1.54) is 29.5 Å². The number of amides is 1. The minimum atomic E-state index is -4.47. The standard InChI is InChI=1S/C24H19ClF3N3O2/c25-19-9-7-17(8-10-19)23(32)31(15-20-5-3-13-33-20)16-22-29-11-12-30(22)14-18-4-1-2-6-21(18)24(26,27)28/h1-13H,14-16H2. The lowest BCUT2D eigenvalue weighted by Gasteiger charge is -2.22. The maximum Gasteiger partial charge on any atom is 0.416 e. The van der Waals surface area contributed by atoms with Gasteiger partial charge in [-0.15, -0.1) is 0 Å². The number of rotatable bonds is 7. The Labute approximate surface area is 193 Å². The Morgan fingerprint density at radius 2 is 1.79 bits per heavy atom. The minimum Gasteiger partial charge on any atom is -0.467 e. The summed E-state index contributed by atoms with van der Waals surface area (Å²) in [4.78, 5) is 19.0. The van der Waals surface area contributed by atoms with Crippen LogP contribution >= 0.6 is 11.6 Å². The number of halogens is 4. The monoisotopic (exact) mass is 473 g/mol. The number of hydrogen-bond acceptors (Lipinski definition) is 3. The van der Waals surface area contributed by atoms with E-state index in [1.807, 2.05) is 0 Å². The van der Waals surface area contributed by atoms with Crippen molar-refractivity contribution in [3.63, 3.8) is 0 Å². The first-order valence-electron chi connectivity index (χ1n) is 10.0. The molecular weight excluding hydrogens is 455 g/mol. The van der Waals surface area contributed by atoms with Gasteiger partial charge in [-0.1, -0.05) is 29.8 Å². The Bertz CT molecular complexity index is 1220. The van der Waals surface area contributed by atoms with E-state index >= 15 is 0 Å². The van der Waals surface area contributed by atoms with Crippen LogP contribution in [0, 0.1) is 0 Å². The van der Waals surface area contributed by atoms with Crippen LogP contribution in [0.5, 0.6) is 0 Å². The summed E-state index contributed by atoms with van der Waals surface area (Å²) in [5.41, 5.74) is -0.160. The Morgan fingerprint density at radius 3 is 2.48 bits per heavy atom. The average molecular weight is 474 g/mol. The van der Waals surface area contributed by atoms with Gasteiger partial charge in [0.2, 0.25) is 0 Å². The van der Waals surface area contributed by atoms with Crippen LogP contribution in [0.3, 0.4) is 0 Å². The summed E-state index contributed by atoms with van der Waals surface area (Å²) in [6.07, 6.45) is 0.145. The van der Waals surface area contributed by atoms with Crippen LogP contribution in [-0.2, 0) is 25.8 Å². The zero-order valence-corrected chi connectivity index (χ0v) is 18.1. The van der Waals surface area contributed by atoms with Crippen LogP contribution in [0.4, 0.5) is 13.2 Å². The highest BCUT2D eigenvalue weighted by molar-refractivity contribution is 6.30. The van der Waals surface area contributed by atoms with E-state index in [0.717, 1.165) is 6.07 Å². The van der Waals surface area contributed by atoms with Crippen molar-refractivity contribution in [3.05, 3.63) is 113 Å². The second-order valence-corrected chi connectivity index (χ2v) is 7.81. The third-order valence-electron chi connectivity index (χ3n) is 5.10. The van der Waals surface area contributed by atoms with Crippen molar-refractivity contribution in [2.45, 2.75) is 25.8 Å². The zero-order chi connectivity index (χ0) is 23.4. The van der Waals surface area contributed by atoms with E-state index in [9.17, 15) is 18.0 Å². The number of aromatic nitrogens is 2. The maximum absolute atomic E-state index is 13.4. The van der Waals surface area contributed by atoms with Gasteiger partial charge < -0.3 is 13.9 Å². The first kappa shape index (κ1) is 22.7. The molecule has 0 saturated carbocycles. The molecule has 0 spiro atoms. The normalized spacial score (nSPS) is 11.5. The number of benzene rings is 2. The number of imidazole rings is 1. The van der Waals surface area contributed by atoms with Crippen molar-refractivity contribution < 1.29 is 22.4 Å². The van der Waals surface area contributed by atoms with Crippen LogP contribution in [-0.4, -0.2) is 20.4 Å². The van der Waals surface area contributed by atoms with Crippen molar-refractivity contribution in [2.75, 3.05) is 0 Å². The molecule has 0 radical (unpaired) electrons. The zero-order valence-electron chi connectivity index (χ0n) is 17.3. The Balaban J connectivity index is 1.61. The average Bonchev–Trinajstić information content (AvgIpc) is 3.45. The molecule has 2 heterocycles. The molecule has 0 aliphatic carbocycles. The molecule has 0 fully saturated rings. The summed E-state index contributed by atoms with van der Waals surface area (Å²) in [5, 5.41) is 0.503. The van der Waals surface area contributed by atoms with Crippen molar-refractivity contribution >= 4 is 17.5 Å². The van der Waals surface area contributed by atoms with Crippen molar-refractivity contribution in [3.8, 4) is 0 Å². The summed E-state index contributed by atoms with van der Waals surface area (Å²) in [5.74, 6) is 0.729. The number of furan rings is 1. The van der Waals surface area contributed by atoms with Gasteiger partial charge in [0, 0.05) is 29.5 Å². The van der Waals surface area contributed by atoms with E-state index in [4.69, 9.17) is 16.0 Å². The quantitative estimate of drug-likeness (QED) is 0.329. The van der Waals surface area contributed by atoms with Crippen LogP contribution < -0.4 is 0 Å². The molecule has 0 N–H and O–H groups in total. The van der Waals surface area contributed by atoms with Gasteiger partial charge in [0.25, 0.3) is 5.91 Å². The van der Waals surface area contributed by atoms with Crippen LogP contribution in [0.2, 0.25) is 5.02 Å². The van der Waals surface area contributed by atoms with E-state index in [2.05, 4.69) is 4.98 Å². The second-order valence-electron chi connectivity index (χ2n) is 7.37. The molecular formula is C24H19ClF3N3O2. The number of carbonyl (C=O) groups is 1. The summed E-state index contributed by atoms with van der Waals surface area (Å²) >= 11 is 5.94. The highest BCUT2D eigenvalue weighted by Gasteiger charge is 2.33. The van der Waals surface area contributed by atoms with Gasteiger partial charge >= 0.3 is 6.18 Å². The first-order valence-corrected chi connectivity index (χ1v) is 10.4. The molecule has 9 heteroatoms. The van der Waals surface area contributed by atoms with Crippen LogP contribution in [0.15, 0.2) is 83.7 Å². The molecule has 0 saturated heterocycles. The predicted molar refractivity (Wildman–Crippen MR) is 117 cm³/mol. The number of carbonyl (C=O) groups excluding carboxylic acids is 1. The minimum absolute atomic E-state index is 0.0330. The van der Waals surface area contributed by atoms with E-state index < -0.39 is 11.7 Å². The van der Waals surface area contributed by atoms with E-state index in [1.54, 1.807) is 53.2 Å². The highest BCUT2D eigenvalue weighted by atomic mass is 35.5. The summed E-state index contributed by atoms with van der Waals surface area (Å²) in [7, 11) is 0. The van der Waals surface area contributed by atoms with E-state index in [0.29, 0.717) is 22.2 Å². The molecule has 0 unspecified atom stereocenters. The Hall–Kier alpha value is -3.52. The number of alkyl halides is 3. The summed E-state index contributed by atoms with van der Waals surface area (Å²) < 4.78 is 47.3. The molecule has 5 nitrogen and oxygen atoms in total. The summed E-state index contributed by atoms with van der Waals surface area (Å²) in [6, 6.07) is 15.3. The van der Waals surface area contributed by atoms with Crippen molar-refractivity contribution in [1.29, 1.82) is 0 Å². The van der Waals surface area contributed by atoms with Gasteiger partial charge in [0.15, 0.2) is 0 Å². The maximum atomic E-state index is 13.4. The molecule has 0 bridgehead atoms. The van der Waals surface area contributed by atoms with Gasteiger partial charge in [-0.05, 0) is 48.0 Å². The Morgan fingerprint density at radius 1 is 1.03 bits per heavy atom. The lowest BCUT2D eigenvalue weighted by Crippen LogP contribution is -2.31. The molecule has 170 valence electrons. The molecule has 0 aliphatic rings. The molecule has 1 amide bonds. The third-order valence-corrected chi connectivity index (χ3v) is 5.35. The lowest BCUT2D eigenvalue weighted by molar-refractivity contribution is -0.138. The van der Waals surface area contributed by atoms with Gasteiger partial charge in [-0.2, -0.15) is 13.2 Å². The molecule has 2 aromatic heterocycles. The molecule has 0 atom stereocenters.